The molecule has 5 atom stereocenters. The molecular weight excluding hydrogens is 335 g/mol. The maximum absolute atomic E-state index is 11.8. The lowest BCUT2D eigenvalue weighted by Crippen LogP contribution is -2.41. The van der Waals surface area contributed by atoms with Crippen molar-refractivity contribution < 1.29 is 28.8 Å². The number of aromatic nitrogens is 2. The molecule has 13 heteroatoms. The predicted octanol–water partition coefficient (Wildman–Crippen LogP) is -2.55. The van der Waals surface area contributed by atoms with Crippen molar-refractivity contribution in [2.24, 2.45) is 11.2 Å². The van der Waals surface area contributed by atoms with Gasteiger partial charge in [0.2, 0.25) is 8.53 Å². The Morgan fingerprint density at radius 1 is 1.52 bits per heavy atom. The molecular formula is C10H15N4O8P. The molecule has 1 saturated heterocycles. The van der Waals surface area contributed by atoms with Crippen LogP contribution in [0.4, 0.5) is 4.79 Å². The maximum Gasteiger partial charge on any atom is 0.405 e. The topological polar surface area (TPSA) is 192 Å². The van der Waals surface area contributed by atoms with Gasteiger partial charge in [0.05, 0.1) is 6.61 Å². The highest BCUT2D eigenvalue weighted by molar-refractivity contribution is 7.43. The number of rotatable bonds is 5. The van der Waals surface area contributed by atoms with Crippen LogP contribution in [-0.2, 0) is 14.0 Å². The van der Waals surface area contributed by atoms with E-state index in [1.54, 1.807) is 0 Å². The summed E-state index contributed by atoms with van der Waals surface area (Å²) in [5.74, 6) is 0. The Labute approximate surface area is 129 Å². The average molecular weight is 350 g/mol. The van der Waals surface area contributed by atoms with Gasteiger partial charge in [0.25, 0.3) is 5.56 Å². The number of nitrogens with two attached hydrogens (primary N) is 2. The summed E-state index contributed by atoms with van der Waals surface area (Å²) in [7, 11) is -2.19. The molecule has 0 radical (unpaired) electrons. The van der Waals surface area contributed by atoms with Crippen molar-refractivity contribution in [2.75, 3.05) is 6.61 Å². The number of amides is 1. The van der Waals surface area contributed by atoms with E-state index in [-0.39, 0.29) is 6.61 Å². The molecule has 0 spiro atoms. The van der Waals surface area contributed by atoms with Crippen LogP contribution < -0.4 is 22.5 Å². The molecule has 0 aliphatic carbocycles. The van der Waals surface area contributed by atoms with E-state index in [2.05, 4.69) is 0 Å². The summed E-state index contributed by atoms with van der Waals surface area (Å²) in [6.07, 6.45) is -5.11. The quantitative estimate of drug-likeness (QED) is 0.356. The van der Waals surface area contributed by atoms with Crippen molar-refractivity contribution in [2.45, 2.75) is 24.5 Å². The van der Waals surface area contributed by atoms with E-state index in [9.17, 15) is 19.5 Å². The molecule has 2 heterocycles. The fourth-order valence-electron chi connectivity index (χ4n) is 2.12. The molecule has 1 amide bonds. The standard InChI is InChI=1S/C10H15N4O8P/c11-9(17)22-7-6(16)4(3-20-23(12)19)21-8(7)14-2-1-5(15)13-10(14)18/h1-2,4,6-8,16,19H,3,12H2,(H2,11,17)(H,13,15,18)/t4-,6-,7-,8-,23?/m1/s1. The van der Waals surface area contributed by atoms with Gasteiger partial charge in [-0.25, -0.2) is 9.59 Å². The molecule has 1 unspecified atom stereocenters. The van der Waals surface area contributed by atoms with Crippen LogP contribution in [0.2, 0.25) is 0 Å². The smallest absolute Gasteiger partial charge is 0.405 e. The van der Waals surface area contributed by atoms with Crippen LogP contribution in [0.3, 0.4) is 0 Å². The monoisotopic (exact) mass is 350 g/mol. The van der Waals surface area contributed by atoms with Gasteiger partial charge in [-0.2, -0.15) is 0 Å². The Kier molecular flexibility index (Phi) is 5.46. The first-order chi connectivity index (χ1) is 10.8. The third-order valence-corrected chi connectivity index (χ3v) is 3.48. The minimum Gasteiger partial charge on any atom is -0.439 e. The lowest BCUT2D eigenvalue weighted by atomic mass is 10.1. The molecule has 1 aromatic rings. The van der Waals surface area contributed by atoms with E-state index in [1.807, 2.05) is 4.98 Å². The number of nitrogens with one attached hydrogen (secondary N) is 1. The number of nitrogens with zero attached hydrogens (tertiary/aromatic N) is 1. The number of aliphatic hydroxyl groups excluding tert-OH is 1. The van der Waals surface area contributed by atoms with Gasteiger partial charge in [0, 0.05) is 12.3 Å². The summed E-state index contributed by atoms with van der Waals surface area (Å²) in [5.41, 5.74) is 8.55. The van der Waals surface area contributed by atoms with Crippen LogP contribution in [0, 0.1) is 0 Å². The lowest BCUT2D eigenvalue weighted by Gasteiger charge is -2.20. The largest absolute Gasteiger partial charge is 0.439 e. The first-order valence-corrected chi connectivity index (χ1v) is 7.55. The van der Waals surface area contributed by atoms with Gasteiger partial charge in [0.15, 0.2) is 12.3 Å². The number of aromatic amines is 1. The Hall–Kier alpha value is -1.82. The van der Waals surface area contributed by atoms with Crippen molar-refractivity contribution in [1.29, 1.82) is 0 Å². The van der Waals surface area contributed by atoms with Gasteiger partial charge in [-0.3, -0.25) is 19.8 Å². The second-order valence-corrected chi connectivity index (χ2v) is 5.44. The minimum atomic E-state index is -2.19. The third-order valence-electron chi connectivity index (χ3n) is 3.06. The number of ether oxygens (including phenoxy) is 2. The molecule has 7 N–H and O–H groups in total. The summed E-state index contributed by atoms with van der Waals surface area (Å²) >= 11 is 0. The van der Waals surface area contributed by atoms with E-state index in [4.69, 9.17) is 30.1 Å². The second kappa shape index (κ2) is 7.17. The van der Waals surface area contributed by atoms with Gasteiger partial charge in [-0.05, 0) is 0 Å². The van der Waals surface area contributed by atoms with Gasteiger partial charge in [0.1, 0.15) is 12.2 Å². The highest BCUT2D eigenvalue weighted by atomic mass is 31.2. The number of aliphatic hydroxyl groups is 1. The number of carbonyl (C=O) groups excluding carboxylic acids is 1. The molecule has 1 aliphatic heterocycles. The molecule has 0 bridgehead atoms. The fraction of sp³-hybridized carbons (Fsp3) is 0.500. The van der Waals surface area contributed by atoms with E-state index < -0.39 is 50.4 Å². The van der Waals surface area contributed by atoms with Crippen LogP contribution in [0.15, 0.2) is 21.9 Å². The third kappa shape index (κ3) is 4.13. The van der Waals surface area contributed by atoms with Gasteiger partial charge >= 0.3 is 11.8 Å². The molecule has 2 rings (SSSR count). The maximum atomic E-state index is 11.8. The summed E-state index contributed by atoms with van der Waals surface area (Å²) in [6, 6.07) is 1.05. The van der Waals surface area contributed by atoms with Gasteiger partial charge in [-0.15, -0.1) is 0 Å². The van der Waals surface area contributed by atoms with E-state index in [0.717, 1.165) is 16.8 Å². The Morgan fingerprint density at radius 2 is 2.22 bits per heavy atom. The molecule has 0 saturated carbocycles. The molecule has 12 nitrogen and oxygen atoms in total. The van der Waals surface area contributed by atoms with Crippen molar-refractivity contribution in [3.8, 4) is 0 Å². The number of H-pyrrole nitrogens is 1. The van der Waals surface area contributed by atoms with E-state index in [0.29, 0.717) is 0 Å². The molecule has 0 aromatic carbocycles. The van der Waals surface area contributed by atoms with Crippen LogP contribution in [0.1, 0.15) is 6.23 Å². The minimum absolute atomic E-state index is 0.312. The Bertz CT molecular complexity index is 675. The Balaban J connectivity index is 2.29. The molecule has 1 fully saturated rings. The average Bonchev–Trinajstić information content (AvgIpc) is 2.73. The summed E-state index contributed by atoms with van der Waals surface area (Å²) < 4.78 is 15.9. The van der Waals surface area contributed by atoms with E-state index in [1.165, 1.54) is 0 Å². The van der Waals surface area contributed by atoms with Crippen LogP contribution in [0.5, 0.6) is 0 Å². The number of carbonyl (C=O) groups is 1. The number of primary amides is 1. The van der Waals surface area contributed by atoms with Crippen LogP contribution >= 0.6 is 8.53 Å². The summed E-state index contributed by atoms with van der Waals surface area (Å²) in [4.78, 5) is 44.9. The Morgan fingerprint density at radius 3 is 2.78 bits per heavy atom. The lowest BCUT2D eigenvalue weighted by molar-refractivity contribution is -0.0530. The van der Waals surface area contributed by atoms with Crippen molar-refractivity contribution in [3.05, 3.63) is 33.1 Å². The van der Waals surface area contributed by atoms with Gasteiger partial charge < -0.3 is 29.7 Å². The van der Waals surface area contributed by atoms with Crippen molar-refractivity contribution in [3.63, 3.8) is 0 Å². The highest BCUT2D eigenvalue weighted by Crippen LogP contribution is 2.32. The summed E-state index contributed by atoms with van der Waals surface area (Å²) in [5, 5.41) is 10.1. The molecule has 1 aliphatic rings. The van der Waals surface area contributed by atoms with Crippen LogP contribution in [0.25, 0.3) is 0 Å². The zero-order chi connectivity index (χ0) is 17.1. The highest BCUT2D eigenvalue weighted by Gasteiger charge is 2.47. The van der Waals surface area contributed by atoms with Crippen molar-refractivity contribution >= 4 is 14.6 Å². The van der Waals surface area contributed by atoms with Gasteiger partial charge in [-0.1, -0.05) is 0 Å². The first-order valence-electron chi connectivity index (χ1n) is 6.27. The predicted molar refractivity (Wildman–Crippen MR) is 75.0 cm³/mol. The first kappa shape index (κ1) is 17.5. The summed E-state index contributed by atoms with van der Waals surface area (Å²) in [6.45, 7) is -0.312. The number of hydrogen-bond donors (Lipinski definition) is 5. The fourth-order valence-corrected chi connectivity index (χ4v) is 2.42. The zero-order valence-corrected chi connectivity index (χ0v) is 12.5. The SMILES string of the molecule is NC(=O)O[C@@H]1[C@H](O)[C@@H](COP(N)O)O[C@H]1n1ccc(=O)[nH]c1=O. The normalized spacial score (nSPS) is 28.5. The van der Waals surface area contributed by atoms with E-state index >= 15 is 0 Å². The molecule has 128 valence electrons. The van der Waals surface area contributed by atoms with Crippen molar-refractivity contribution in [1.82, 2.24) is 9.55 Å². The zero-order valence-electron chi connectivity index (χ0n) is 11.6. The molecule has 1 aromatic heterocycles. The number of hydrogen-bond acceptors (Lipinski definition) is 9. The van der Waals surface area contributed by atoms with Crippen LogP contribution in [-0.4, -0.2) is 50.6 Å². The second-order valence-electron chi connectivity index (χ2n) is 4.57. The molecule has 23 heavy (non-hydrogen) atoms.